The molecule has 2 aromatic rings. The minimum absolute atomic E-state index is 0.0191. The lowest BCUT2D eigenvalue weighted by Crippen LogP contribution is -2.41. The zero-order chi connectivity index (χ0) is 24.2. The first-order chi connectivity index (χ1) is 15.5. The summed E-state index contributed by atoms with van der Waals surface area (Å²) >= 11 is 6.08. The van der Waals surface area contributed by atoms with Crippen LogP contribution in [0.15, 0.2) is 47.4 Å². The van der Waals surface area contributed by atoms with Gasteiger partial charge in [-0.2, -0.15) is 0 Å². The van der Waals surface area contributed by atoms with E-state index in [0.717, 1.165) is 18.4 Å². The van der Waals surface area contributed by atoms with E-state index in [1.54, 1.807) is 12.1 Å². The van der Waals surface area contributed by atoms with E-state index in [4.69, 9.17) is 16.3 Å². The van der Waals surface area contributed by atoms with Crippen molar-refractivity contribution in [2.24, 2.45) is 0 Å². The third-order valence-corrected chi connectivity index (χ3v) is 7.22. The molecule has 1 aliphatic heterocycles. The number of carbonyl (C=O) groups excluding carboxylic acids is 2. The first-order valence-electron chi connectivity index (χ1n) is 10.6. The summed E-state index contributed by atoms with van der Waals surface area (Å²) in [5.41, 5.74) is 6.07. The molecular weight excluding hydrogens is 466 g/mol. The van der Waals surface area contributed by atoms with Gasteiger partial charge in [0, 0.05) is 24.3 Å². The van der Waals surface area contributed by atoms with Crippen LogP contribution in [0.4, 0.5) is 0 Å². The van der Waals surface area contributed by atoms with Gasteiger partial charge in [-0.05, 0) is 54.2 Å². The Labute approximate surface area is 199 Å². The fourth-order valence-electron chi connectivity index (χ4n) is 3.32. The molecule has 178 valence electrons. The predicted molar refractivity (Wildman–Crippen MR) is 126 cm³/mol. The number of benzene rings is 2. The molecule has 33 heavy (non-hydrogen) atoms. The van der Waals surface area contributed by atoms with Gasteiger partial charge in [0.1, 0.15) is 4.90 Å². The highest BCUT2D eigenvalue weighted by Crippen LogP contribution is 2.24. The van der Waals surface area contributed by atoms with Gasteiger partial charge in [-0.25, -0.2) is 13.1 Å². The molecule has 0 aliphatic carbocycles. The molecule has 0 aromatic heterocycles. The quantitative estimate of drug-likeness (QED) is 0.535. The van der Waals surface area contributed by atoms with E-state index in [-0.39, 0.29) is 33.5 Å². The largest absolute Gasteiger partial charge is 0.377 e. The first-order valence-corrected chi connectivity index (χ1v) is 12.5. The van der Waals surface area contributed by atoms with Gasteiger partial charge in [0.05, 0.1) is 11.1 Å². The number of hydrazine groups is 1. The Morgan fingerprint density at radius 2 is 1.64 bits per heavy atom. The summed E-state index contributed by atoms with van der Waals surface area (Å²) in [6.45, 7) is 6.94. The average Bonchev–Trinajstić information content (AvgIpc) is 3.29. The maximum atomic E-state index is 12.7. The number of rotatable bonds is 6. The number of hydrogen-bond acceptors (Lipinski definition) is 5. The molecule has 2 amide bonds. The van der Waals surface area contributed by atoms with Crippen LogP contribution >= 0.6 is 11.6 Å². The zero-order valence-electron chi connectivity index (χ0n) is 18.8. The summed E-state index contributed by atoms with van der Waals surface area (Å²) in [5.74, 6) is -1.18. The lowest BCUT2D eigenvalue weighted by atomic mass is 9.87. The summed E-state index contributed by atoms with van der Waals surface area (Å²) < 4.78 is 33.3. The number of sulfonamides is 1. The molecule has 0 spiro atoms. The second-order valence-electron chi connectivity index (χ2n) is 8.87. The SMILES string of the molecule is CC(C)(C)c1ccc(C(=O)NNC(=O)c2ccc(Cl)c(S(=O)(=O)NC[C@H]3CCCO3)c2)cc1. The molecule has 3 N–H and O–H groups in total. The van der Waals surface area contributed by atoms with Crippen molar-refractivity contribution in [3.63, 3.8) is 0 Å². The van der Waals surface area contributed by atoms with Crippen molar-refractivity contribution in [3.05, 3.63) is 64.2 Å². The summed E-state index contributed by atoms with van der Waals surface area (Å²) in [7, 11) is -3.95. The van der Waals surface area contributed by atoms with E-state index in [1.807, 2.05) is 12.1 Å². The van der Waals surface area contributed by atoms with Crippen molar-refractivity contribution in [2.45, 2.75) is 50.0 Å². The molecule has 1 heterocycles. The average molecular weight is 494 g/mol. The van der Waals surface area contributed by atoms with E-state index >= 15 is 0 Å². The van der Waals surface area contributed by atoms with Crippen LogP contribution in [0.1, 0.15) is 59.9 Å². The molecule has 0 bridgehead atoms. The summed E-state index contributed by atoms with van der Waals surface area (Å²) in [4.78, 5) is 24.7. The smallest absolute Gasteiger partial charge is 0.269 e. The van der Waals surface area contributed by atoms with Crippen LogP contribution in [-0.2, 0) is 20.2 Å². The number of amides is 2. The molecule has 1 aliphatic rings. The molecule has 8 nitrogen and oxygen atoms in total. The minimum Gasteiger partial charge on any atom is -0.377 e. The Hall–Kier alpha value is -2.46. The first kappa shape index (κ1) is 25.2. The fourth-order valence-corrected chi connectivity index (χ4v) is 4.91. The van der Waals surface area contributed by atoms with Crippen LogP contribution in [0.2, 0.25) is 5.02 Å². The van der Waals surface area contributed by atoms with Gasteiger partial charge < -0.3 is 4.74 Å². The number of carbonyl (C=O) groups is 2. The number of ether oxygens (including phenoxy) is 1. The molecule has 10 heteroatoms. The van der Waals surface area contributed by atoms with E-state index in [2.05, 4.69) is 36.3 Å². The highest BCUT2D eigenvalue weighted by molar-refractivity contribution is 7.89. The predicted octanol–water partition coefficient (Wildman–Crippen LogP) is 3.17. The Morgan fingerprint density at radius 1 is 1.03 bits per heavy atom. The fraction of sp³-hybridized carbons (Fsp3) is 0.391. The number of hydrogen-bond donors (Lipinski definition) is 3. The Bertz CT molecular complexity index is 1120. The molecule has 0 radical (unpaired) electrons. The van der Waals surface area contributed by atoms with Gasteiger partial charge >= 0.3 is 0 Å². The molecule has 3 rings (SSSR count). The molecule has 1 saturated heterocycles. The maximum Gasteiger partial charge on any atom is 0.269 e. The van der Waals surface area contributed by atoms with Crippen LogP contribution in [-0.4, -0.2) is 39.5 Å². The van der Waals surface area contributed by atoms with Crippen molar-refractivity contribution in [1.82, 2.24) is 15.6 Å². The van der Waals surface area contributed by atoms with Gasteiger partial charge in [0.15, 0.2) is 0 Å². The van der Waals surface area contributed by atoms with Crippen LogP contribution in [0.3, 0.4) is 0 Å². The van der Waals surface area contributed by atoms with Gasteiger partial charge in [-0.1, -0.05) is 44.5 Å². The summed E-state index contributed by atoms with van der Waals surface area (Å²) in [6, 6.07) is 10.9. The maximum absolute atomic E-state index is 12.7. The highest BCUT2D eigenvalue weighted by Gasteiger charge is 2.23. The van der Waals surface area contributed by atoms with Crippen LogP contribution < -0.4 is 15.6 Å². The normalized spacial score (nSPS) is 16.4. The summed E-state index contributed by atoms with van der Waals surface area (Å²) in [5, 5.41) is -0.0191. The van der Waals surface area contributed by atoms with Gasteiger partial charge in [0.25, 0.3) is 11.8 Å². The highest BCUT2D eigenvalue weighted by atomic mass is 35.5. The second-order valence-corrected chi connectivity index (χ2v) is 11.0. The van der Waals surface area contributed by atoms with E-state index in [0.29, 0.717) is 12.2 Å². The van der Waals surface area contributed by atoms with Crippen LogP contribution in [0.25, 0.3) is 0 Å². The van der Waals surface area contributed by atoms with Crippen molar-refractivity contribution in [2.75, 3.05) is 13.2 Å². The topological polar surface area (TPSA) is 114 Å². The van der Waals surface area contributed by atoms with Crippen LogP contribution in [0.5, 0.6) is 0 Å². The number of halogens is 1. The monoisotopic (exact) mass is 493 g/mol. The molecular formula is C23H28ClN3O5S. The standard InChI is InChI=1S/C23H28ClN3O5S/c1-23(2,3)17-9-6-15(7-10-17)21(28)26-27-22(29)16-8-11-19(24)20(13-16)33(30,31)25-14-18-5-4-12-32-18/h6-11,13,18,25H,4-5,12,14H2,1-3H3,(H,26,28)(H,27,29)/t18-/m1/s1. The van der Waals surface area contributed by atoms with Crippen molar-refractivity contribution >= 4 is 33.4 Å². The molecule has 0 saturated carbocycles. The molecule has 0 unspecified atom stereocenters. The lowest BCUT2D eigenvalue weighted by Gasteiger charge is -2.19. The molecule has 1 atom stereocenters. The van der Waals surface area contributed by atoms with Crippen molar-refractivity contribution < 1.29 is 22.7 Å². The Kier molecular flexibility index (Phi) is 7.79. The van der Waals surface area contributed by atoms with E-state index in [1.165, 1.54) is 18.2 Å². The van der Waals surface area contributed by atoms with Gasteiger partial charge in [-0.15, -0.1) is 0 Å². The molecule has 1 fully saturated rings. The van der Waals surface area contributed by atoms with Gasteiger partial charge in [0.2, 0.25) is 10.0 Å². The summed E-state index contributed by atoms with van der Waals surface area (Å²) in [6.07, 6.45) is 1.48. The third kappa shape index (κ3) is 6.54. The lowest BCUT2D eigenvalue weighted by molar-refractivity contribution is 0.0846. The van der Waals surface area contributed by atoms with Crippen LogP contribution in [0, 0.1) is 0 Å². The number of nitrogens with one attached hydrogen (secondary N) is 3. The van der Waals surface area contributed by atoms with Gasteiger partial charge in [-0.3, -0.25) is 20.4 Å². The Morgan fingerprint density at radius 3 is 2.21 bits per heavy atom. The minimum atomic E-state index is -3.95. The second kappa shape index (κ2) is 10.2. The van der Waals surface area contributed by atoms with E-state index < -0.39 is 21.8 Å². The Balaban J connectivity index is 1.64. The van der Waals surface area contributed by atoms with Crippen molar-refractivity contribution in [1.29, 1.82) is 0 Å². The zero-order valence-corrected chi connectivity index (χ0v) is 20.3. The third-order valence-electron chi connectivity index (χ3n) is 5.31. The van der Waals surface area contributed by atoms with E-state index in [9.17, 15) is 18.0 Å². The molecule has 2 aromatic carbocycles. The van der Waals surface area contributed by atoms with Crippen molar-refractivity contribution in [3.8, 4) is 0 Å².